The number of methoxy groups -OCH3 is 1. The molecular weight excluding hydrogens is 210 g/mol. The molecule has 0 unspecified atom stereocenters. The molecule has 16 heavy (non-hydrogen) atoms. The van der Waals surface area contributed by atoms with Gasteiger partial charge in [0.1, 0.15) is 0 Å². The van der Waals surface area contributed by atoms with E-state index in [9.17, 15) is 4.79 Å². The second kappa shape index (κ2) is 9.57. The fourth-order valence-electron chi connectivity index (χ4n) is 1.24. The van der Waals surface area contributed by atoms with Crippen LogP contribution in [0.2, 0.25) is 0 Å². The fraction of sp³-hybridized carbons (Fsp3) is 0.909. The van der Waals surface area contributed by atoms with Crippen LogP contribution in [-0.4, -0.2) is 45.7 Å². The van der Waals surface area contributed by atoms with Gasteiger partial charge >= 0.3 is 5.97 Å². The summed E-state index contributed by atoms with van der Waals surface area (Å²) in [5.41, 5.74) is 0. The molecule has 1 N–H and O–H groups in total. The molecule has 5 nitrogen and oxygen atoms in total. The number of hydrogen-bond acceptors (Lipinski definition) is 5. The van der Waals surface area contributed by atoms with Gasteiger partial charge in [-0.1, -0.05) is 6.92 Å². The van der Waals surface area contributed by atoms with E-state index in [4.69, 9.17) is 9.47 Å². The lowest BCUT2D eigenvalue weighted by atomic mass is 10.2. The summed E-state index contributed by atoms with van der Waals surface area (Å²) in [6.45, 7) is 8.01. The minimum absolute atomic E-state index is 0.158. The second-order valence-corrected chi connectivity index (χ2v) is 3.42. The summed E-state index contributed by atoms with van der Waals surface area (Å²) in [6.07, 6.45) is -0.250. The molecule has 0 aromatic heterocycles. The quantitative estimate of drug-likeness (QED) is 0.471. The van der Waals surface area contributed by atoms with Crippen LogP contribution >= 0.6 is 0 Å². The number of nitrogens with one attached hydrogen (secondary N) is 1. The van der Waals surface area contributed by atoms with Crippen molar-refractivity contribution in [2.45, 2.75) is 27.1 Å². The first-order valence-corrected chi connectivity index (χ1v) is 5.67. The highest BCUT2D eigenvalue weighted by Crippen LogP contribution is 1.97. The van der Waals surface area contributed by atoms with Gasteiger partial charge in [-0.15, -0.1) is 0 Å². The lowest BCUT2D eigenvalue weighted by Gasteiger charge is -2.18. The lowest BCUT2D eigenvalue weighted by Crippen LogP contribution is -2.35. The van der Waals surface area contributed by atoms with Crippen molar-refractivity contribution in [3.8, 4) is 0 Å². The number of esters is 1. The van der Waals surface area contributed by atoms with E-state index in [0.717, 1.165) is 0 Å². The summed E-state index contributed by atoms with van der Waals surface area (Å²) in [5, 5.41) is 3.12. The Hall–Kier alpha value is -0.650. The summed E-state index contributed by atoms with van der Waals surface area (Å²) in [4.78, 5) is 11.1. The number of hydrogen-bond donors (Lipinski definition) is 1. The largest absolute Gasteiger partial charge is 0.469 e. The van der Waals surface area contributed by atoms with Crippen molar-refractivity contribution in [1.82, 2.24) is 5.32 Å². The van der Waals surface area contributed by atoms with Crippen LogP contribution in [0.15, 0.2) is 0 Å². The predicted octanol–water partition coefficient (Wildman–Crippen LogP) is 0.784. The molecule has 0 heterocycles. The summed E-state index contributed by atoms with van der Waals surface area (Å²) in [5.74, 6) is -0.370. The average Bonchev–Trinajstić information content (AvgIpc) is 2.28. The van der Waals surface area contributed by atoms with E-state index >= 15 is 0 Å². The number of rotatable bonds is 9. The van der Waals surface area contributed by atoms with Crippen molar-refractivity contribution in [1.29, 1.82) is 0 Å². The Labute approximate surface area is 97.4 Å². The molecule has 0 aliphatic carbocycles. The van der Waals surface area contributed by atoms with Crippen molar-refractivity contribution in [2.24, 2.45) is 5.92 Å². The number of carbonyl (C=O) groups excluding carboxylic acids is 1. The van der Waals surface area contributed by atoms with Crippen molar-refractivity contribution >= 4 is 5.97 Å². The number of carbonyl (C=O) groups is 1. The minimum Gasteiger partial charge on any atom is -0.469 e. The molecule has 0 amide bonds. The van der Waals surface area contributed by atoms with Crippen LogP contribution in [0.3, 0.4) is 0 Å². The van der Waals surface area contributed by atoms with Crippen molar-refractivity contribution in [2.75, 3.05) is 33.4 Å². The minimum atomic E-state index is -0.250. The molecule has 0 rings (SSSR count). The molecular formula is C11H23NO4. The van der Waals surface area contributed by atoms with E-state index in [2.05, 4.69) is 10.1 Å². The van der Waals surface area contributed by atoms with Crippen LogP contribution in [0, 0.1) is 5.92 Å². The molecule has 0 saturated heterocycles. The summed E-state index contributed by atoms with van der Waals surface area (Å²) < 4.78 is 15.3. The van der Waals surface area contributed by atoms with Crippen LogP contribution in [0.1, 0.15) is 20.8 Å². The third-order valence-electron chi connectivity index (χ3n) is 2.07. The molecule has 0 aliphatic rings. The maximum absolute atomic E-state index is 11.1. The van der Waals surface area contributed by atoms with Gasteiger partial charge in [0.25, 0.3) is 0 Å². The Morgan fingerprint density at radius 1 is 1.19 bits per heavy atom. The van der Waals surface area contributed by atoms with Gasteiger partial charge in [-0.25, -0.2) is 0 Å². The van der Waals surface area contributed by atoms with E-state index in [1.807, 2.05) is 20.8 Å². The van der Waals surface area contributed by atoms with Crippen molar-refractivity contribution < 1.29 is 19.0 Å². The molecule has 0 saturated carbocycles. The molecule has 0 aromatic rings. The standard InChI is InChI=1S/C11H23NO4/c1-5-15-10(16-6-2)8-12-7-9(3)11(13)14-4/h9-10,12H,5-8H2,1-4H3/t9-/m1/s1. The topological polar surface area (TPSA) is 56.8 Å². The van der Waals surface area contributed by atoms with Gasteiger partial charge in [0.2, 0.25) is 0 Å². The maximum Gasteiger partial charge on any atom is 0.309 e. The summed E-state index contributed by atoms with van der Waals surface area (Å²) in [7, 11) is 1.39. The molecule has 0 radical (unpaired) electrons. The lowest BCUT2D eigenvalue weighted by molar-refractivity contribution is -0.145. The zero-order chi connectivity index (χ0) is 12.4. The zero-order valence-corrected chi connectivity index (χ0v) is 10.6. The third kappa shape index (κ3) is 6.76. The Kier molecular flexibility index (Phi) is 9.18. The van der Waals surface area contributed by atoms with Crippen LogP contribution in [-0.2, 0) is 19.0 Å². The summed E-state index contributed by atoms with van der Waals surface area (Å²) in [6, 6.07) is 0. The Morgan fingerprint density at radius 3 is 2.19 bits per heavy atom. The van der Waals surface area contributed by atoms with Crippen molar-refractivity contribution in [3.63, 3.8) is 0 Å². The normalized spacial score (nSPS) is 12.8. The molecule has 5 heteroatoms. The highest BCUT2D eigenvalue weighted by molar-refractivity contribution is 5.71. The van der Waals surface area contributed by atoms with E-state index in [1.165, 1.54) is 7.11 Å². The Morgan fingerprint density at radius 2 is 1.75 bits per heavy atom. The molecule has 96 valence electrons. The van der Waals surface area contributed by atoms with Crippen LogP contribution in [0.4, 0.5) is 0 Å². The van der Waals surface area contributed by atoms with Gasteiger partial charge in [0, 0.05) is 26.3 Å². The highest BCUT2D eigenvalue weighted by atomic mass is 16.7. The molecule has 1 atom stereocenters. The van der Waals surface area contributed by atoms with E-state index < -0.39 is 0 Å². The molecule has 0 fully saturated rings. The van der Waals surface area contributed by atoms with Gasteiger partial charge in [-0.2, -0.15) is 0 Å². The van der Waals surface area contributed by atoms with E-state index in [1.54, 1.807) is 0 Å². The smallest absolute Gasteiger partial charge is 0.309 e. The van der Waals surface area contributed by atoms with Crippen LogP contribution in [0.25, 0.3) is 0 Å². The van der Waals surface area contributed by atoms with Gasteiger partial charge in [0.15, 0.2) is 6.29 Å². The van der Waals surface area contributed by atoms with Gasteiger partial charge in [0.05, 0.1) is 13.0 Å². The first kappa shape index (κ1) is 15.3. The van der Waals surface area contributed by atoms with Gasteiger partial charge in [-0.3, -0.25) is 4.79 Å². The third-order valence-corrected chi connectivity index (χ3v) is 2.07. The fourth-order valence-corrected chi connectivity index (χ4v) is 1.24. The highest BCUT2D eigenvalue weighted by Gasteiger charge is 2.14. The van der Waals surface area contributed by atoms with Crippen LogP contribution in [0.5, 0.6) is 0 Å². The molecule has 0 spiro atoms. The van der Waals surface area contributed by atoms with Gasteiger partial charge in [-0.05, 0) is 13.8 Å². The van der Waals surface area contributed by atoms with Crippen LogP contribution < -0.4 is 5.32 Å². The Balaban J connectivity index is 3.71. The SMILES string of the molecule is CCOC(CNC[C@@H](C)C(=O)OC)OCC. The predicted molar refractivity (Wildman–Crippen MR) is 61.1 cm³/mol. The van der Waals surface area contributed by atoms with Crippen molar-refractivity contribution in [3.05, 3.63) is 0 Å². The monoisotopic (exact) mass is 233 g/mol. The number of ether oxygens (including phenoxy) is 3. The average molecular weight is 233 g/mol. The first-order chi connectivity index (χ1) is 7.65. The first-order valence-electron chi connectivity index (χ1n) is 5.67. The molecule has 0 aliphatic heterocycles. The molecule has 0 bridgehead atoms. The second-order valence-electron chi connectivity index (χ2n) is 3.42. The zero-order valence-electron chi connectivity index (χ0n) is 10.6. The van der Waals surface area contributed by atoms with Gasteiger partial charge < -0.3 is 19.5 Å². The Bertz CT molecular complexity index is 181. The maximum atomic E-state index is 11.1. The molecule has 0 aromatic carbocycles. The van der Waals surface area contributed by atoms with E-state index in [-0.39, 0.29) is 18.2 Å². The summed E-state index contributed by atoms with van der Waals surface area (Å²) >= 11 is 0. The van der Waals surface area contributed by atoms with E-state index in [0.29, 0.717) is 26.3 Å².